The number of ether oxygens (including phenoxy) is 1. The van der Waals surface area contributed by atoms with Gasteiger partial charge in [-0.15, -0.1) is 0 Å². The normalized spacial score (nSPS) is 20.7. The van der Waals surface area contributed by atoms with Crippen molar-refractivity contribution in [3.8, 4) is 0 Å². The van der Waals surface area contributed by atoms with Gasteiger partial charge in [-0.25, -0.2) is 4.39 Å². The van der Waals surface area contributed by atoms with Gasteiger partial charge >= 0.3 is 5.97 Å². The van der Waals surface area contributed by atoms with Crippen molar-refractivity contribution in [2.45, 2.75) is 37.5 Å². The predicted octanol–water partition coefficient (Wildman–Crippen LogP) is 3.17. The number of esters is 1. The summed E-state index contributed by atoms with van der Waals surface area (Å²) in [5.74, 6) is -0.933. The van der Waals surface area contributed by atoms with Gasteiger partial charge in [-0.2, -0.15) is 0 Å². The Morgan fingerprint density at radius 1 is 1.58 bits per heavy atom. The number of nitrogens with zero attached hydrogens (tertiary/aromatic N) is 1. The quantitative estimate of drug-likeness (QED) is 0.664. The Hall–Kier alpha value is -1.28. The number of rotatable bonds is 6. The van der Waals surface area contributed by atoms with Gasteiger partial charge in [0.25, 0.3) is 0 Å². The van der Waals surface area contributed by atoms with Gasteiger partial charge in [-0.3, -0.25) is 9.00 Å². The number of carbonyl (C=O) groups is 1. The van der Waals surface area contributed by atoms with Crippen molar-refractivity contribution in [1.82, 2.24) is 0 Å². The van der Waals surface area contributed by atoms with Crippen LogP contribution in [0.25, 0.3) is 0 Å². The number of benzene rings is 1. The molecule has 0 radical (unpaired) electrons. The maximum Gasteiger partial charge on any atom is 0.324 e. The van der Waals surface area contributed by atoms with E-state index in [0.717, 1.165) is 0 Å². The molecular formula is C16H19BrFNO4S. The Balaban J connectivity index is 2.11. The molecule has 0 bridgehead atoms. The van der Waals surface area contributed by atoms with Crippen molar-refractivity contribution in [2.75, 3.05) is 12.9 Å². The second-order valence-corrected chi connectivity index (χ2v) is 8.43. The number of oxime groups is 1. The predicted molar refractivity (Wildman–Crippen MR) is 93.8 cm³/mol. The van der Waals surface area contributed by atoms with Crippen molar-refractivity contribution >= 4 is 38.4 Å². The third-order valence-electron chi connectivity index (χ3n) is 3.93. The zero-order chi connectivity index (χ0) is 17.9. The van der Waals surface area contributed by atoms with Gasteiger partial charge in [-0.1, -0.05) is 21.1 Å². The van der Waals surface area contributed by atoms with Gasteiger partial charge in [0.1, 0.15) is 16.7 Å². The summed E-state index contributed by atoms with van der Waals surface area (Å²) in [5.41, 5.74) is 0.828. The first-order valence-electron chi connectivity index (χ1n) is 7.46. The summed E-state index contributed by atoms with van der Waals surface area (Å²) in [5, 5.41) is 3.94. The lowest BCUT2D eigenvalue weighted by atomic mass is 9.97. The molecule has 1 aromatic carbocycles. The molecular weight excluding hydrogens is 401 g/mol. The van der Waals surface area contributed by atoms with Crippen LogP contribution in [-0.2, 0) is 25.2 Å². The van der Waals surface area contributed by atoms with E-state index in [1.54, 1.807) is 26.0 Å². The topological polar surface area (TPSA) is 65.0 Å². The highest BCUT2D eigenvalue weighted by Crippen LogP contribution is 2.29. The Labute approximate surface area is 151 Å². The van der Waals surface area contributed by atoms with Gasteiger partial charge in [0.2, 0.25) is 0 Å². The number of hydrogen-bond donors (Lipinski definition) is 0. The van der Waals surface area contributed by atoms with E-state index in [4.69, 9.17) is 9.57 Å². The van der Waals surface area contributed by atoms with E-state index in [1.165, 1.54) is 12.3 Å². The highest BCUT2D eigenvalue weighted by atomic mass is 79.9. The van der Waals surface area contributed by atoms with E-state index in [9.17, 15) is 13.4 Å². The summed E-state index contributed by atoms with van der Waals surface area (Å²) in [6, 6.07) is 4.69. The van der Waals surface area contributed by atoms with Gasteiger partial charge in [0.05, 0.1) is 12.3 Å². The minimum absolute atomic E-state index is 0.181. The van der Waals surface area contributed by atoms with Gasteiger partial charge in [-0.05, 0) is 32.0 Å². The van der Waals surface area contributed by atoms with Gasteiger partial charge < -0.3 is 9.57 Å². The number of halogens is 2. The molecule has 1 aliphatic heterocycles. The van der Waals surface area contributed by atoms with E-state index in [1.807, 2.05) is 0 Å². The van der Waals surface area contributed by atoms with E-state index in [2.05, 4.69) is 21.1 Å². The number of hydrogen-bond acceptors (Lipinski definition) is 5. The average Bonchev–Trinajstić information content (AvgIpc) is 2.95. The molecule has 3 unspecified atom stereocenters. The molecule has 1 aromatic rings. The van der Waals surface area contributed by atoms with E-state index < -0.39 is 33.4 Å². The van der Waals surface area contributed by atoms with Crippen LogP contribution in [0, 0.1) is 5.82 Å². The Morgan fingerprint density at radius 3 is 2.88 bits per heavy atom. The van der Waals surface area contributed by atoms with Crippen LogP contribution < -0.4 is 0 Å². The first-order chi connectivity index (χ1) is 11.3. The van der Waals surface area contributed by atoms with Gasteiger partial charge in [0.15, 0.2) is 0 Å². The Bertz CT molecular complexity index is 697. The average molecular weight is 420 g/mol. The fraction of sp³-hybridized carbons (Fsp3) is 0.500. The first kappa shape index (κ1) is 19.1. The smallest absolute Gasteiger partial charge is 0.324 e. The molecule has 132 valence electrons. The first-order valence-corrected chi connectivity index (χ1v) is 9.82. The van der Waals surface area contributed by atoms with E-state index in [0.29, 0.717) is 22.2 Å². The monoisotopic (exact) mass is 419 g/mol. The minimum Gasteiger partial charge on any atom is -0.465 e. The Morgan fingerprint density at radius 2 is 2.29 bits per heavy atom. The van der Waals surface area contributed by atoms with Crippen LogP contribution in [0.4, 0.5) is 4.39 Å². The summed E-state index contributed by atoms with van der Waals surface area (Å²) in [7, 11) is -1.45. The lowest BCUT2D eigenvalue weighted by molar-refractivity contribution is -0.146. The molecule has 24 heavy (non-hydrogen) atoms. The van der Waals surface area contributed by atoms with Crippen LogP contribution in [-0.4, -0.2) is 39.6 Å². The molecule has 0 N–H and O–H groups in total. The molecule has 0 amide bonds. The van der Waals surface area contributed by atoms with E-state index >= 15 is 0 Å². The molecule has 3 atom stereocenters. The summed E-state index contributed by atoms with van der Waals surface area (Å²) in [6.45, 7) is 3.49. The van der Waals surface area contributed by atoms with Crippen molar-refractivity contribution < 1.29 is 23.0 Å². The lowest BCUT2D eigenvalue weighted by Crippen LogP contribution is -2.44. The molecule has 8 heteroatoms. The largest absolute Gasteiger partial charge is 0.465 e. The third-order valence-corrected chi connectivity index (χ3v) is 6.03. The molecule has 0 saturated carbocycles. The summed E-state index contributed by atoms with van der Waals surface area (Å²) in [6.07, 6.45) is 1.52. The molecule has 0 fully saturated rings. The van der Waals surface area contributed by atoms with Crippen LogP contribution in [0.3, 0.4) is 0 Å². The van der Waals surface area contributed by atoms with Crippen molar-refractivity contribution in [2.24, 2.45) is 5.16 Å². The van der Waals surface area contributed by atoms with Crippen LogP contribution >= 0.6 is 15.9 Å². The fourth-order valence-electron chi connectivity index (χ4n) is 2.46. The van der Waals surface area contributed by atoms with Crippen molar-refractivity contribution in [3.05, 3.63) is 34.1 Å². The third kappa shape index (κ3) is 4.03. The summed E-state index contributed by atoms with van der Waals surface area (Å²) >= 11 is 3.21. The molecule has 1 heterocycles. The van der Waals surface area contributed by atoms with Crippen molar-refractivity contribution in [3.63, 3.8) is 0 Å². The zero-order valence-electron chi connectivity index (χ0n) is 13.7. The highest BCUT2D eigenvalue weighted by molar-refractivity contribution is 9.10. The fourth-order valence-corrected chi connectivity index (χ4v) is 3.50. The maximum atomic E-state index is 14.0. The molecule has 0 saturated heterocycles. The molecule has 5 nitrogen and oxygen atoms in total. The standard InChI is InChI=1S/C16H19BrFNO4S/c1-4-22-15(20)16(2,24(3)21)9-11-8-14(19-23-11)12-6-5-10(17)7-13(12)18/h5-7,11H,4,8-9H2,1-3H3. The Kier molecular flexibility index (Phi) is 6.14. The minimum atomic E-state index is -1.45. The highest BCUT2D eigenvalue weighted by Gasteiger charge is 2.43. The maximum absolute atomic E-state index is 14.0. The SMILES string of the molecule is CCOC(=O)C(C)(CC1CC(c2ccc(Br)cc2F)=NO1)S(C)=O. The second kappa shape index (κ2) is 7.74. The summed E-state index contributed by atoms with van der Waals surface area (Å²) in [4.78, 5) is 17.5. The summed E-state index contributed by atoms with van der Waals surface area (Å²) < 4.78 is 30.6. The van der Waals surface area contributed by atoms with Crippen molar-refractivity contribution in [1.29, 1.82) is 0 Å². The van der Waals surface area contributed by atoms with Gasteiger partial charge in [0, 0.05) is 39.9 Å². The van der Waals surface area contributed by atoms with Crippen LogP contribution in [0.15, 0.2) is 27.8 Å². The molecule has 0 aliphatic carbocycles. The zero-order valence-corrected chi connectivity index (χ0v) is 16.1. The molecule has 2 rings (SSSR count). The van der Waals surface area contributed by atoms with Crippen LogP contribution in [0.5, 0.6) is 0 Å². The number of carbonyl (C=O) groups excluding carboxylic acids is 1. The molecule has 0 spiro atoms. The van der Waals surface area contributed by atoms with Crippen LogP contribution in [0.1, 0.15) is 32.3 Å². The molecule has 0 aromatic heterocycles. The lowest BCUT2D eigenvalue weighted by Gasteiger charge is -2.26. The second-order valence-electron chi connectivity index (χ2n) is 5.70. The van der Waals surface area contributed by atoms with Crippen LogP contribution in [0.2, 0.25) is 0 Å². The molecule has 1 aliphatic rings. The van der Waals surface area contributed by atoms with E-state index in [-0.39, 0.29) is 13.0 Å².